The molecule has 0 aliphatic carbocycles. The summed E-state index contributed by atoms with van der Waals surface area (Å²) in [7, 11) is 0. The average molecular weight is 216 g/mol. The van der Waals surface area contributed by atoms with Gasteiger partial charge in [0.2, 0.25) is 0 Å². The highest BCUT2D eigenvalue weighted by atomic mass is 32.1. The maximum atomic E-state index is 11.0. The van der Waals surface area contributed by atoms with Crippen LogP contribution in [-0.2, 0) is 0 Å². The summed E-state index contributed by atoms with van der Waals surface area (Å²) in [6, 6.07) is 7.95. The number of benzene rings is 1. The smallest absolute Gasteiger partial charge is 0.150 e. The van der Waals surface area contributed by atoms with Crippen LogP contribution in [0.2, 0.25) is 0 Å². The van der Waals surface area contributed by atoms with Crippen molar-refractivity contribution in [1.82, 2.24) is 0 Å². The Morgan fingerprint density at radius 3 is 2.67 bits per heavy atom. The second kappa shape index (κ2) is 3.99. The normalized spacial score (nSPS) is 10.3. The summed E-state index contributed by atoms with van der Waals surface area (Å²) < 4.78 is 0. The Balaban J connectivity index is 2.65. The molecule has 0 atom stereocenters. The molecule has 2 heteroatoms. The van der Waals surface area contributed by atoms with Crippen molar-refractivity contribution in [3.05, 3.63) is 46.3 Å². The molecule has 1 aromatic carbocycles. The molecule has 1 nitrogen and oxygen atoms in total. The zero-order chi connectivity index (χ0) is 10.8. The van der Waals surface area contributed by atoms with Crippen LogP contribution in [0.5, 0.6) is 0 Å². The highest BCUT2D eigenvalue weighted by Crippen LogP contribution is 2.31. The minimum absolute atomic E-state index is 0.775. The first kappa shape index (κ1) is 10.1. The molecule has 0 aliphatic heterocycles. The number of carbonyl (C=O) groups excluding carboxylic acids is 1. The molecule has 0 unspecified atom stereocenters. The zero-order valence-electron chi connectivity index (χ0n) is 8.78. The molecule has 0 aliphatic rings. The van der Waals surface area contributed by atoms with Crippen LogP contribution in [0.4, 0.5) is 0 Å². The van der Waals surface area contributed by atoms with E-state index in [9.17, 15) is 4.79 Å². The minimum atomic E-state index is 0.775. The molecule has 2 rings (SSSR count). The summed E-state index contributed by atoms with van der Waals surface area (Å²) in [5.41, 5.74) is 4.25. The molecule has 0 saturated carbocycles. The van der Waals surface area contributed by atoms with E-state index in [-0.39, 0.29) is 0 Å². The number of hydrogen-bond donors (Lipinski definition) is 0. The number of thiophene rings is 1. The molecule has 1 aromatic heterocycles. The number of rotatable bonds is 2. The second-order valence-electron chi connectivity index (χ2n) is 3.65. The number of carbonyl (C=O) groups is 1. The second-order valence-corrected chi connectivity index (χ2v) is 4.56. The number of hydrogen-bond acceptors (Lipinski definition) is 2. The Bertz CT molecular complexity index is 497. The maximum Gasteiger partial charge on any atom is 0.150 e. The van der Waals surface area contributed by atoms with Gasteiger partial charge in [0.15, 0.2) is 6.29 Å². The molecule has 1 heterocycles. The summed E-state index contributed by atoms with van der Waals surface area (Å²) in [5, 5.41) is 2.11. The fraction of sp³-hybridized carbons (Fsp3) is 0.154. The van der Waals surface area contributed by atoms with Crippen LogP contribution in [0.25, 0.3) is 10.4 Å². The number of aldehydes is 1. The van der Waals surface area contributed by atoms with E-state index in [2.05, 4.69) is 18.4 Å². The van der Waals surface area contributed by atoms with E-state index >= 15 is 0 Å². The van der Waals surface area contributed by atoms with Crippen molar-refractivity contribution < 1.29 is 4.79 Å². The molecule has 0 fully saturated rings. The van der Waals surface area contributed by atoms with E-state index in [1.807, 2.05) is 25.1 Å². The largest absolute Gasteiger partial charge is 0.298 e. The molecular weight excluding hydrogens is 204 g/mol. The highest BCUT2D eigenvalue weighted by molar-refractivity contribution is 7.13. The van der Waals surface area contributed by atoms with Crippen molar-refractivity contribution in [2.45, 2.75) is 13.8 Å². The molecule has 0 spiro atoms. The van der Waals surface area contributed by atoms with Gasteiger partial charge in [-0.2, -0.15) is 0 Å². The SMILES string of the molecule is Cc1csc(-c2c(C)cccc2C=O)c1. The van der Waals surface area contributed by atoms with Crippen LogP contribution < -0.4 is 0 Å². The van der Waals surface area contributed by atoms with Crippen molar-refractivity contribution in [3.63, 3.8) is 0 Å². The Morgan fingerprint density at radius 1 is 1.27 bits per heavy atom. The predicted octanol–water partition coefficient (Wildman–Crippen LogP) is 3.84. The molecule has 0 radical (unpaired) electrons. The fourth-order valence-electron chi connectivity index (χ4n) is 1.69. The molecule has 0 N–H and O–H groups in total. The van der Waals surface area contributed by atoms with Gasteiger partial charge in [0, 0.05) is 16.0 Å². The summed E-state index contributed by atoms with van der Waals surface area (Å²) in [6.07, 6.45) is 0.928. The number of aryl methyl sites for hydroxylation is 2. The zero-order valence-corrected chi connectivity index (χ0v) is 9.60. The van der Waals surface area contributed by atoms with Crippen LogP contribution in [0, 0.1) is 13.8 Å². The lowest BCUT2D eigenvalue weighted by atomic mass is 10.0. The van der Waals surface area contributed by atoms with Gasteiger partial charge in [-0.25, -0.2) is 0 Å². The van der Waals surface area contributed by atoms with Gasteiger partial charge in [-0.15, -0.1) is 11.3 Å². The lowest BCUT2D eigenvalue weighted by Crippen LogP contribution is -1.88. The quantitative estimate of drug-likeness (QED) is 0.697. The molecule has 0 bridgehead atoms. The maximum absolute atomic E-state index is 11.0. The standard InChI is InChI=1S/C13H12OS/c1-9-6-12(15-8-9)13-10(2)4-3-5-11(13)7-14/h3-8H,1-2H3. The third-order valence-corrected chi connectivity index (χ3v) is 3.47. The molecular formula is C13H12OS. The van der Waals surface area contributed by atoms with Gasteiger partial charge in [0.25, 0.3) is 0 Å². The van der Waals surface area contributed by atoms with Crippen LogP contribution in [0.15, 0.2) is 29.6 Å². The monoisotopic (exact) mass is 216 g/mol. The van der Waals surface area contributed by atoms with Crippen molar-refractivity contribution >= 4 is 17.6 Å². The summed E-state index contributed by atoms with van der Waals surface area (Å²) >= 11 is 1.69. The summed E-state index contributed by atoms with van der Waals surface area (Å²) in [6.45, 7) is 4.11. The highest BCUT2D eigenvalue weighted by Gasteiger charge is 2.08. The van der Waals surface area contributed by atoms with E-state index < -0.39 is 0 Å². The fourth-order valence-corrected chi connectivity index (χ4v) is 2.72. The van der Waals surface area contributed by atoms with E-state index in [1.54, 1.807) is 11.3 Å². The minimum Gasteiger partial charge on any atom is -0.298 e. The van der Waals surface area contributed by atoms with Gasteiger partial charge in [-0.3, -0.25) is 4.79 Å². The third-order valence-electron chi connectivity index (χ3n) is 2.41. The molecule has 0 saturated heterocycles. The van der Waals surface area contributed by atoms with Gasteiger partial charge in [-0.1, -0.05) is 18.2 Å². The lowest BCUT2D eigenvalue weighted by Gasteiger charge is -2.05. The Labute approximate surface area is 93.4 Å². The topological polar surface area (TPSA) is 17.1 Å². The van der Waals surface area contributed by atoms with Gasteiger partial charge in [-0.05, 0) is 36.4 Å². The molecule has 0 amide bonds. The van der Waals surface area contributed by atoms with Gasteiger partial charge in [0.1, 0.15) is 0 Å². The van der Waals surface area contributed by atoms with Gasteiger partial charge >= 0.3 is 0 Å². The summed E-state index contributed by atoms with van der Waals surface area (Å²) in [5.74, 6) is 0. The summed E-state index contributed by atoms with van der Waals surface area (Å²) in [4.78, 5) is 12.1. The van der Waals surface area contributed by atoms with Gasteiger partial charge in [0.05, 0.1) is 0 Å². The third kappa shape index (κ3) is 1.85. The average Bonchev–Trinajstić information content (AvgIpc) is 2.64. The van der Waals surface area contributed by atoms with Crippen LogP contribution in [0.1, 0.15) is 21.5 Å². The van der Waals surface area contributed by atoms with Crippen LogP contribution in [-0.4, -0.2) is 6.29 Å². The molecule has 76 valence electrons. The van der Waals surface area contributed by atoms with E-state index in [1.165, 1.54) is 10.4 Å². The van der Waals surface area contributed by atoms with E-state index in [0.29, 0.717) is 0 Å². The molecule has 15 heavy (non-hydrogen) atoms. The van der Waals surface area contributed by atoms with E-state index in [0.717, 1.165) is 23.0 Å². The van der Waals surface area contributed by atoms with Crippen molar-refractivity contribution in [3.8, 4) is 10.4 Å². The molecule has 2 aromatic rings. The first-order chi connectivity index (χ1) is 7.22. The van der Waals surface area contributed by atoms with Gasteiger partial charge < -0.3 is 0 Å². The van der Waals surface area contributed by atoms with Crippen molar-refractivity contribution in [2.24, 2.45) is 0 Å². The Morgan fingerprint density at radius 2 is 2.07 bits per heavy atom. The lowest BCUT2D eigenvalue weighted by molar-refractivity contribution is 0.112. The van der Waals surface area contributed by atoms with Crippen LogP contribution >= 0.6 is 11.3 Å². The Kier molecular flexibility index (Phi) is 2.69. The first-order valence-corrected chi connectivity index (χ1v) is 5.70. The van der Waals surface area contributed by atoms with Crippen molar-refractivity contribution in [1.29, 1.82) is 0 Å². The van der Waals surface area contributed by atoms with Crippen molar-refractivity contribution in [2.75, 3.05) is 0 Å². The first-order valence-electron chi connectivity index (χ1n) is 4.82. The van der Waals surface area contributed by atoms with E-state index in [4.69, 9.17) is 0 Å². The predicted molar refractivity (Wildman–Crippen MR) is 64.6 cm³/mol. The van der Waals surface area contributed by atoms with Crippen LogP contribution in [0.3, 0.4) is 0 Å². The Hall–Kier alpha value is -1.41.